The second-order valence-corrected chi connectivity index (χ2v) is 7.20. The molecule has 0 saturated heterocycles. The summed E-state index contributed by atoms with van der Waals surface area (Å²) in [5.74, 6) is -1.19. The van der Waals surface area contributed by atoms with Gasteiger partial charge in [-0.15, -0.1) is 22.7 Å². The zero-order valence-electron chi connectivity index (χ0n) is 18.1. The van der Waals surface area contributed by atoms with E-state index in [1.165, 1.54) is 41.9 Å². The standard InChI is InChI=1S/C7H10N2OS.C5H8N2S.C4H6O3.2CO2/c1-3-6-4-8-7(11-6)9-5(2)10;1-2-4-3-7-5(6)8-4;1-3(5)7-4(2)6;2*2-1-3/h4H,3H2,1-2H3,(H,8,9,10);3H,2H2,1H3,(H2,6,7);1-2H3;;. The number of nitrogens with two attached hydrogens (primary N) is 1. The molecule has 2 rings (SSSR count). The molecule has 32 heavy (non-hydrogen) atoms. The molecule has 0 atom stereocenters. The lowest BCUT2D eigenvalue weighted by Crippen LogP contribution is -2.04. The predicted molar refractivity (Wildman–Crippen MR) is 114 cm³/mol. The van der Waals surface area contributed by atoms with Gasteiger partial charge in [-0.3, -0.25) is 14.4 Å². The average Bonchev–Trinajstić information content (AvgIpc) is 3.31. The number of anilines is 2. The fourth-order valence-electron chi connectivity index (χ4n) is 1.37. The summed E-state index contributed by atoms with van der Waals surface area (Å²) >= 11 is 3.07. The second kappa shape index (κ2) is 22.1. The van der Waals surface area contributed by atoms with Crippen molar-refractivity contribution in [3.05, 3.63) is 22.1 Å². The van der Waals surface area contributed by atoms with Crippen LogP contribution in [0.15, 0.2) is 12.4 Å². The SMILES string of the molecule is CC(=O)OC(C)=O.CCc1cnc(N)s1.CCc1cnc(NC(C)=O)s1.O=C=O.O=C=O. The monoisotopic (exact) mass is 488 g/mol. The number of amides is 1. The van der Waals surface area contributed by atoms with E-state index in [2.05, 4.69) is 33.9 Å². The average molecular weight is 489 g/mol. The Morgan fingerprint density at radius 3 is 1.53 bits per heavy atom. The first kappa shape index (κ1) is 33.1. The van der Waals surface area contributed by atoms with Crippen LogP contribution in [0, 0.1) is 0 Å². The molecule has 0 saturated carbocycles. The second-order valence-electron chi connectivity index (χ2n) is 4.94. The Kier molecular flexibility index (Phi) is 22.9. The van der Waals surface area contributed by atoms with E-state index >= 15 is 0 Å². The minimum atomic E-state index is -0.562. The summed E-state index contributed by atoms with van der Waals surface area (Å²) in [4.78, 5) is 73.0. The van der Waals surface area contributed by atoms with E-state index in [0.717, 1.165) is 12.8 Å². The molecule has 176 valence electrons. The first-order valence-electron chi connectivity index (χ1n) is 8.60. The summed E-state index contributed by atoms with van der Waals surface area (Å²) in [5, 5.41) is 3.99. The van der Waals surface area contributed by atoms with Crippen LogP contribution in [-0.2, 0) is 51.1 Å². The van der Waals surface area contributed by atoms with Crippen LogP contribution in [0.5, 0.6) is 0 Å². The van der Waals surface area contributed by atoms with E-state index < -0.39 is 11.9 Å². The number of hydrogen-bond acceptors (Lipinski definition) is 13. The molecular weight excluding hydrogens is 464 g/mol. The van der Waals surface area contributed by atoms with Crippen molar-refractivity contribution < 1.29 is 38.3 Å². The Hall–Kier alpha value is -3.57. The molecule has 0 spiro atoms. The zero-order chi connectivity index (χ0) is 25.5. The minimum Gasteiger partial charge on any atom is -0.394 e. The van der Waals surface area contributed by atoms with Crippen molar-refractivity contribution >= 4 is 63.1 Å². The van der Waals surface area contributed by atoms with E-state index in [1.54, 1.807) is 17.5 Å². The van der Waals surface area contributed by atoms with E-state index in [1.807, 2.05) is 6.20 Å². The number of nitrogen functional groups attached to an aromatic ring is 1. The molecule has 0 aliphatic carbocycles. The van der Waals surface area contributed by atoms with Gasteiger partial charge >= 0.3 is 24.2 Å². The molecule has 0 unspecified atom stereocenters. The van der Waals surface area contributed by atoms with Crippen molar-refractivity contribution in [1.29, 1.82) is 0 Å². The molecule has 0 aliphatic heterocycles. The fourth-order valence-corrected chi connectivity index (χ4v) is 2.79. The Morgan fingerprint density at radius 1 is 0.906 bits per heavy atom. The highest BCUT2D eigenvalue weighted by Crippen LogP contribution is 2.17. The summed E-state index contributed by atoms with van der Waals surface area (Å²) in [6, 6.07) is 0. The predicted octanol–water partition coefficient (Wildman–Crippen LogP) is 1.88. The third kappa shape index (κ3) is 24.5. The summed E-state index contributed by atoms with van der Waals surface area (Å²) < 4.78 is 3.97. The molecule has 0 fully saturated rings. The van der Waals surface area contributed by atoms with Gasteiger partial charge in [0.05, 0.1) is 0 Å². The molecule has 3 N–H and O–H groups in total. The maximum Gasteiger partial charge on any atom is 0.373 e. The van der Waals surface area contributed by atoms with Crippen LogP contribution in [-0.4, -0.2) is 40.1 Å². The molecule has 12 nitrogen and oxygen atoms in total. The number of carbonyl (C=O) groups excluding carboxylic acids is 7. The summed E-state index contributed by atoms with van der Waals surface area (Å²) in [6.07, 6.45) is 6.11. The Bertz CT molecular complexity index is 859. The number of rotatable bonds is 3. The summed E-state index contributed by atoms with van der Waals surface area (Å²) in [7, 11) is 0. The Labute approximate surface area is 192 Å². The topological polar surface area (TPSA) is 193 Å². The molecule has 0 radical (unpaired) electrons. The van der Waals surface area contributed by atoms with Crippen molar-refractivity contribution in [2.75, 3.05) is 11.1 Å². The van der Waals surface area contributed by atoms with E-state index in [-0.39, 0.29) is 18.2 Å². The molecule has 2 aromatic heterocycles. The number of carbonyl (C=O) groups is 3. The van der Waals surface area contributed by atoms with Crippen LogP contribution >= 0.6 is 22.7 Å². The highest BCUT2D eigenvalue weighted by Gasteiger charge is 2.00. The van der Waals surface area contributed by atoms with Gasteiger partial charge in [0.25, 0.3) is 0 Å². The van der Waals surface area contributed by atoms with Crippen LogP contribution in [0.25, 0.3) is 0 Å². The smallest absolute Gasteiger partial charge is 0.373 e. The highest BCUT2D eigenvalue weighted by atomic mass is 32.1. The largest absolute Gasteiger partial charge is 0.394 e. The van der Waals surface area contributed by atoms with Crippen LogP contribution in [0.1, 0.15) is 44.4 Å². The molecule has 0 bridgehead atoms. The van der Waals surface area contributed by atoms with Crippen LogP contribution in [0.4, 0.5) is 10.3 Å². The van der Waals surface area contributed by atoms with Gasteiger partial charge in [0.1, 0.15) is 0 Å². The highest BCUT2D eigenvalue weighted by molar-refractivity contribution is 7.15. The zero-order valence-corrected chi connectivity index (χ0v) is 19.8. The van der Waals surface area contributed by atoms with Gasteiger partial charge < -0.3 is 15.8 Å². The van der Waals surface area contributed by atoms with Crippen molar-refractivity contribution in [1.82, 2.24) is 9.97 Å². The molecular formula is C18H24N4O8S2. The van der Waals surface area contributed by atoms with E-state index in [0.29, 0.717) is 10.3 Å². The molecule has 2 heterocycles. The van der Waals surface area contributed by atoms with Gasteiger partial charge in [0.15, 0.2) is 10.3 Å². The van der Waals surface area contributed by atoms with E-state index in [4.69, 9.17) is 24.9 Å². The molecule has 0 aromatic carbocycles. The maximum atomic E-state index is 10.6. The lowest BCUT2D eigenvalue weighted by atomic mass is 10.4. The van der Waals surface area contributed by atoms with Crippen LogP contribution in [0.2, 0.25) is 0 Å². The van der Waals surface area contributed by atoms with Crippen LogP contribution in [0.3, 0.4) is 0 Å². The lowest BCUT2D eigenvalue weighted by molar-refractivity contribution is -0.193. The molecule has 1 amide bonds. The van der Waals surface area contributed by atoms with Crippen molar-refractivity contribution in [2.24, 2.45) is 0 Å². The number of nitrogens with one attached hydrogen (secondary N) is 1. The van der Waals surface area contributed by atoms with Gasteiger partial charge in [-0.25, -0.2) is 9.97 Å². The van der Waals surface area contributed by atoms with Gasteiger partial charge in [-0.05, 0) is 12.8 Å². The van der Waals surface area contributed by atoms with Gasteiger partial charge in [-0.2, -0.15) is 19.2 Å². The molecule has 14 heteroatoms. The number of aryl methyl sites for hydroxylation is 2. The third-order valence-electron chi connectivity index (χ3n) is 2.39. The Morgan fingerprint density at radius 2 is 1.31 bits per heavy atom. The van der Waals surface area contributed by atoms with Crippen molar-refractivity contribution in [3.63, 3.8) is 0 Å². The quantitative estimate of drug-likeness (QED) is 0.473. The first-order chi connectivity index (χ1) is 15.0. The van der Waals surface area contributed by atoms with Crippen molar-refractivity contribution in [2.45, 2.75) is 47.5 Å². The Balaban J connectivity index is -0.000000358. The number of esters is 2. The van der Waals surface area contributed by atoms with Crippen molar-refractivity contribution in [3.8, 4) is 0 Å². The van der Waals surface area contributed by atoms with Crippen LogP contribution < -0.4 is 11.1 Å². The first-order valence-corrected chi connectivity index (χ1v) is 10.2. The van der Waals surface area contributed by atoms with Gasteiger partial charge in [-0.1, -0.05) is 13.8 Å². The lowest BCUT2D eigenvalue weighted by Gasteiger charge is -1.91. The summed E-state index contributed by atoms with van der Waals surface area (Å²) in [6.45, 7) is 7.99. The number of hydrogen-bond donors (Lipinski definition) is 2. The fraction of sp³-hybridized carbons (Fsp3) is 0.389. The maximum absolute atomic E-state index is 10.6. The number of nitrogens with zero attached hydrogens (tertiary/aromatic N) is 2. The number of thiazole rings is 2. The number of aromatic nitrogens is 2. The summed E-state index contributed by atoms with van der Waals surface area (Å²) in [5.41, 5.74) is 5.36. The molecule has 0 aliphatic rings. The third-order valence-corrected chi connectivity index (χ3v) is 4.42. The van der Waals surface area contributed by atoms with E-state index in [9.17, 15) is 14.4 Å². The molecule has 2 aromatic rings. The number of ether oxygens (including phenoxy) is 1. The normalized spacial score (nSPS) is 7.91. The van der Waals surface area contributed by atoms with Gasteiger partial charge in [0, 0.05) is 42.9 Å². The minimum absolute atomic E-state index is 0.0676. The van der Waals surface area contributed by atoms with Gasteiger partial charge in [0.2, 0.25) is 5.91 Å².